The van der Waals surface area contributed by atoms with Gasteiger partial charge in [-0.25, -0.2) is 13.9 Å². The Labute approximate surface area is 231 Å². The van der Waals surface area contributed by atoms with E-state index in [0.717, 1.165) is 44.5 Å². The van der Waals surface area contributed by atoms with Crippen molar-refractivity contribution >= 4 is 17.8 Å². The standard InChI is InChI=1S/C31H28FN5OS/c1-21-27-20-36(31(38)33-19-22-10-14-24(32)15-11-22)29(23-12-16-26(39-2)17-13-23)28-9-6-18-35(28)30(27)37(34-21)25-7-4-3-5-8-25/h3-18,29H,19-20H2,1-2H3,(H,33,38)/t29-/m0/s1. The molecule has 2 aromatic heterocycles. The molecule has 1 aliphatic rings. The van der Waals surface area contributed by atoms with Gasteiger partial charge in [0.2, 0.25) is 0 Å². The van der Waals surface area contributed by atoms with Crippen LogP contribution in [0, 0.1) is 12.7 Å². The van der Waals surface area contributed by atoms with Gasteiger partial charge in [-0.1, -0.05) is 42.5 Å². The van der Waals surface area contributed by atoms with E-state index < -0.39 is 0 Å². The molecule has 0 saturated heterocycles. The summed E-state index contributed by atoms with van der Waals surface area (Å²) >= 11 is 1.69. The van der Waals surface area contributed by atoms with Crippen LogP contribution in [0.4, 0.5) is 9.18 Å². The van der Waals surface area contributed by atoms with Crippen LogP contribution in [0.3, 0.4) is 0 Å². The summed E-state index contributed by atoms with van der Waals surface area (Å²) in [4.78, 5) is 17.0. The van der Waals surface area contributed by atoms with Crippen molar-refractivity contribution in [1.29, 1.82) is 0 Å². The van der Waals surface area contributed by atoms with Crippen LogP contribution < -0.4 is 5.32 Å². The summed E-state index contributed by atoms with van der Waals surface area (Å²) < 4.78 is 17.5. The second-order valence-corrected chi connectivity index (χ2v) is 10.4. The first-order valence-electron chi connectivity index (χ1n) is 12.8. The number of aryl methyl sites for hydroxylation is 1. The Hall–Kier alpha value is -4.30. The molecule has 196 valence electrons. The minimum atomic E-state index is -0.333. The fraction of sp³-hybridized carbons (Fsp3) is 0.161. The number of urea groups is 1. The third kappa shape index (κ3) is 4.72. The number of carbonyl (C=O) groups excluding carboxylic acids is 1. The van der Waals surface area contributed by atoms with Gasteiger partial charge in [0, 0.05) is 23.2 Å². The molecule has 0 aliphatic carbocycles. The zero-order chi connectivity index (χ0) is 26.9. The van der Waals surface area contributed by atoms with E-state index in [-0.39, 0.29) is 17.9 Å². The van der Waals surface area contributed by atoms with Gasteiger partial charge in [-0.3, -0.25) is 0 Å². The molecule has 2 amide bonds. The van der Waals surface area contributed by atoms with Crippen molar-refractivity contribution in [2.45, 2.75) is 31.0 Å². The first-order valence-corrected chi connectivity index (χ1v) is 14.0. The molecule has 1 N–H and O–H groups in total. The van der Waals surface area contributed by atoms with E-state index in [4.69, 9.17) is 5.10 Å². The van der Waals surface area contributed by atoms with E-state index in [9.17, 15) is 9.18 Å². The SMILES string of the molecule is CSc1ccc([C@H]2c3cccn3-c3c(c(C)nn3-c3ccccc3)CN2C(=O)NCc2ccc(F)cc2)cc1. The highest BCUT2D eigenvalue weighted by Crippen LogP contribution is 2.38. The summed E-state index contributed by atoms with van der Waals surface area (Å²) in [6.07, 6.45) is 4.09. The molecule has 0 saturated carbocycles. The molecule has 39 heavy (non-hydrogen) atoms. The predicted octanol–water partition coefficient (Wildman–Crippen LogP) is 6.65. The lowest BCUT2D eigenvalue weighted by atomic mass is 10.0. The topological polar surface area (TPSA) is 55.1 Å². The second-order valence-electron chi connectivity index (χ2n) is 9.53. The van der Waals surface area contributed by atoms with Gasteiger partial charge in [0.05, 0.1) is 29.7 Å². The largest absolute Gasteiger partial charge is 0.334 e. The van der Waals surface area contributed by atoms with Gasteiger partial charge < -0.3 is 14.8 Å². The fourth-order valence-corrected chi connectivity index (χ4v) is 5.58. The van der Waals surface area contributed by atoms with Crippen molar-refractivity contribution in [2.75, 3.05) is 6.26 Å². The van der Waals surface area contributed by atoms with Crippen molar-refractivity contribution in [1.82, 2.24) is 24.6 Å². The number of fused-ring (bicyclic) bond motifs is 3. The fourth-order valence-electron chi connectivity index (χ4n) is 5.17. The summed E-state index contributed by atoms with van der Waals surface area (Å²) in [5, 5.41) is 7.97. The Balaban J connectivity index is 1.46. The zero-order valence-corrected chi connectivity index (χ0v) is 22.5. The van der Waals surface area contributed by atoms with E-state index in [2.05, 4.69) is 46.5 Å². The first-order chi connectivity index (χ1) is 19.0. The second kappa shape index (κ2) is 10.5. The summed E-state index contributed by atoms with van der Waals surface area (Å²) in [6, 6.07) is 28.2. The van der Waals surface area contributed by atoms with Gasteiger partial charge >= 0.3 is 6.03 Å². The number of nitrogens with zero attached hydrogens (tertiary/aromatic N) is 4. The smallest absolute Gasteiger partial charge is 0.318 e. The number of amides is 2. The summed E-state index contributed by atoms with van der Waals surface area (Å²) in [5.41, 5.74) is 5.63. The highest BCUT2D eigenvalue weighted by Gasteiger charge is 2.35. The molecule has 6 rings (SSSR count). The lowest BCUT2D eigenvalue weighted by Crippen LogP contribution is -2.41. The number of halogens is 1. The lowest BCUT2D eigenvalue weighted by Gasteiger charge is -2.31. The monoisotopic (exact) mass is 537 g/mol. The molecule has 0 radical (unpaired) electrons. The van der Waals surface area contributed by atoms with E-state index in [1.54, 1.807) is 23.9 Å². The number of hydrogen-bond donors (Lipinski definition) is 1. The van der Waals surface area contributed by atoms with Gasteiger partial charge in [0.15, 0.2) is 0 Å². The van der Waals surface area contributed by atoms with Crippen molar-refractivity contribution < 1.29 is 9.18 Å². The van der Waals surface area contributed by atoms with Crippen LogP contribution in [0.1, 0.15) is 34.1 Å². The minimum Gasteiger partial charge on any atom is -0.334 e. The normalized spacial score (nSPS) is 14.4. The number of rotatable bonds is 5. The molecule has 3 aromatic carbocycles. The predicted molar refractivity (Wildman–Crippen MR) is 152 cm³/mol. The van der Waals surface area contributed by atoms with E-state index >= 15 is 0 Å². The molecule has 6 nitrogen and oxygen atoms in total. The first kappa shape index (κ1) is 25.0. The number of benzene rings is 3. The Kier molecular flexibility index (Phi) is 6.70. The molecular formula is C31H28FN5OS. The average Bonchev–Trinajstić information content (AvgIpc) is 3.53. The third-order valence-electron chi connectivity index (χ3n) is 7.14. The molecule has 0 fully saturated rings. The number of carbonyl (C=O) groups is 1. The maximum absolute atomic E-state index is 13.9. The van der Waals surface area contributed by atoms with Crippen molar-refractivity contribution in [3.8, 4) is 11.5 Å². The van der Waals surface area contributed by atoms with Gasteiger partial charge in [-0.15, -0.1) is 11.8 Å². The molecule has 0 bridgehead atoms. The van der Waals surface area contributed by atoms with Crippen LogP contribution in [0.25, 0.3) is 11.5 Å². The number of nitrogens with one attached hydrogen (secondary N) is 1. The lowest BCUT2D eigenvalue weighted by molar-refractivity contribution is 0.180. The van der Waals surface area contributed by atoms with E-state index in [0.29, 0.717) is 13.1 Å². The quantitative estimate of drug-likeness (QED) is 0.256. The molecular weight excluding hydrogens is 509 g/mol. The highest BCUT2D eigenvalue weighted by atomic mass is 32.2. The van der Waals surface area contributed by atoms with Crippen molar-refractivity contribution in [3.63, 3.8) is 0 Å². The van der Waals surface area contributed by atoms with Gasteiger partial charge in [-0.05, 0) is 72.8 Å². The molecule has 1 atom stereocenters. The molecule has 1 aliphatic heterocycles. The third-order valence-corrected chi connectivity index (χ3v) is 7.88. The Morgan fingerprint density at radius 1 is 1.00 bits per heavy atom. The Bertz CT molecular complexity index is 1610. The van der Waals surface area contributed by atoms with Crippen LogP contribution in [0.5, 0.6) is 0 Å². The molecule has 3 heterocycles. The highest BCUT2D eigenvalue weighted by molar-refractivity contribution is 7.98. The number of aromatic nitrogens is 3. The number of thioether (sulfide) groups is 1. The zero-order valence-electron chi connectivity index (χ0n) is 21.7. The van der Waals surface area contributed by atoms with E-state index in [1.807, 2.05) is 59.1 Å². The number of para-hydroxylation sites is 1. The van der Waals surface area contributed by atoms with Gasteiger partial charge in [0.1, 0.15) is 11.6 Å². The molecule has 0 unspecified atom stereocenters. The molecule has 8 heteroatoms. The summed E-state index contributed by atoms with van der Waals surface area (Å²) in [7, 11) is 0. The van der Waals surface area contributed by atoms with E-state index in [1.165, 1.54) is 12.1 Å². The van der Waals surface area contributed by atoms with Gasteiger partial charge in [0.25, 0.3) is 0 Å². The van der Waals surface area contributed by atoms with Crippen molar-refractivity contribution in [3.05, 3.63) is 131 Å². The maximum atomic E-state index is 13.9. The summed E-state index contributed by atoms with van der Waals surface area (Å²) in [6.45, 7) is 2.66. The van der Waals surface area contributed by atoms with Crippen LogP contribution in [0.2, 0.25) is 0 Å². The van der Waals surface area contributed by atoms with Crippen LogP contribution in [-0.2, 0) is 13.1 Å². The number of hydrogen-bond acceptors (Lipinski definition) is 3. The Morgan fingerprint density at radius 2 is 1.74 bits per heavy atom. The van der Waals surface area contributed by atoms with Crippen molar-refractivity contribution in [2.24, 2.45) is 0 Å². The van der Waals surface area contributed by atoms with Gasteiger partial charge in [-0.2, -0.15) is 5.10 Å². The molecule has 5 aromatic rings. The van der Waals surface area contributed by atoms with Crippen LogP contribution in [0.15, 0.2) is 102 Å². The summed E-state index contributed by atoms with van der Waals surface area (Å²) in [5.74, 6) is 0.629. The van der Waals surface area contributed by atoms with Crippen LogP contribution >= 0.6 is 11.8 Å². The average molecular weight is 538 g/mol. The molecule has 0 spiro atoms. The maximum Gasteiger partial charge on any atom is 0.318 e. The van der Waals surface area contributed by atoms with Crippen LogP contribution in [-0.4, -0.2) is 31.5 Å². The Morgan fingerprint density at radius 3 is 2.46 bits per heavy atom. The minimum absolute atomic E-state index is 0.203.